The Hall–Kier alpha value is -1.23. The number of rotatable bonds is 2. The second kappa shape index (κ2) is 3.66. The number of hydrogen-bond acceptors (Lipinski definition) is 3. The van der Waals surface area contributed by atoms with Gasteiger partial charge in [-0.1, -0.05) is 0 Å². The Morgan fingerprint density at radius 1 is 1.54 bits per heavy atom. The van der Waals surface area contributed by atoms with E-state index in [1.165, 1.54) is 6.92 Å². The topological polar surface area (TPSA) is 53.4 Å². The molecule has 5 heteroatoms. The summed E-state index contributed by atoms with van der Waals surface area (Å²) in [5.74, 6) is -0.400. The quantitative estimate of drug-likeness (QED) is 0.741. The maximum Gasteiger partial charge on any atom is 0.265 e. The lowest BCUT2D eigenvalue weighted by molar-refractivity contribution is 0.149. The van der Waals surface area contributed by atoms with Crippen LogP contribution in [0.2, 0.25) is 0 Å². The zero-order valence-corrected chi connectivity index (χ0v) is 6.96. The van der Waals surface area contributed by atoms with Crippen LogP contribution in [0, 0.1) is 6.92 Å². The summed E-state index contributed by atoms with van der Waals surface area (Å²) in [6.45, 7) is 0.941. The number of aliphatic hydroxyl groups is 1. The molecule has 13 heavy (non-hydrogen) atoms. The molecule has 0 aliphatic heterocycles. The fraction of sp³-hybridized carbons (Fsp3) is 0.375. The van der Waals surface area contributed by atoms with Crippen molar-refractivity contribution < 1.29 is 19.0 Å². The average molecular weight is 189 g/mol. The lowest BCUT2D eigenvalue weighted by atomic mass is 10.2. The van der Waals surface area contributed by atoms with Crippen molar-refractivity contribution in [3.63, 3.8) is 0 Å². The highest BCUT2D eigenvalue weighted by Gasteiger charge is 2.14. The van der Waals surface area contributed by atoms with Crippen LogP contribution >= 0.6 is 0 Å². The van der Waals surface area contributed by atoms with Gasteiger partial charge in [-0.05, 0) is 13.0 Å². The number of aryl methyl sites for hydroxylation is 1. The normalized spacial score (nSPS) is 10.8. The summed E-state index contributed by atoms with van der Waals surface area (Å²) in [7, 11) is 0. The summed E-state index contributed by atoms with van der Waals surface area (Å²) in [5.41, 5.74) is -0.173. The number of pyridine rings is 1. The predicted molar refractivity (Wildman–Crippen MR) is 41.5 cm³/mol. The number of alkyl halides is 2. The number of aliphatic hydroxyl groups excluding tert-OH is 1. The second-order valence-electron chi connectivity index (χ2n) is 2.59. The molecule has 1 heterocycles. The van der Waals surface area contributed by atoms with Gasteiger partial charge in [0, 0.05) is 11.3 Å². The molecule has 2 N–H and O–H groups in total. The maximum atomic E-state index is 12.2. The minimum atomic E-state index is -2.66. The molecular weight excluding hydrogens is 180 g/mol. The first-order chi connectivity index (χ1) is 6.06. The molecule has 1 aromatic heterocycles. The third-order valence-corrected chi connectivity index (χ3v) is 1.69. The first kappa shape index (κ1) is 9.85. The number of hydrogen-bond donors (Lipinski definition) is 2. The highest BCUT2D eigenvalue weighted by atomic mass is 19.3. The maximum absolute atomic E-state index is 12.2. The summed E-state index contributed by atoms with van der Waals surface area (Å²) < 4.78 is 24.5. The smallest absolute Gasteiger partial charge is 0.265 e. The van der Waals surface area contributed by atoms with Crippen molar-refractivity contribution >= 4 is 0 Å². The second-order valence-corrected chi connectivity index (χ2v) is 2.59. The molecule has 1 aromatic rings. The van der Waals surface area contributed by atoms with E-state index in [1.54, 1.807) is 0 Å². The summed E-state index contributed by atoms with van der Waals surface area (Å²) in [6.07, 6.45) is -2.66. The van der Waals surface area contributed by atoms with E-state index in [4.69, 9.17) is 10.2 Å². The number of aromatic hydroxyl groups is 1. The van der Waals surface area contributed by atoms with E-state index in [1.807, 2.05) is 0 Å². The Kier molecular flexibility index (Phi) is 2.77. The zero-order valence-electron chi connectivity index (χ0n) is 6.96. The molecule has 1 rings (SSSR count). The zero-order chi connectivity index (χ0) is 10.0. The van der Waals surface area contributed by atoms with Gasteiger partial charge in [-0.3, -0.25) is 4.98 Å². The fourth-order valence-electron chi connectivity index (χ4n) is 0.997. The van der Waals surface area contributed by atoms with Crippen molar-refractivity contribution in [2.45, 2.75) is 20.0 Å². The molecule has 0 saturated heterocycles. The summed E-state index contributed by atoms with van der Waals surface area (Å²) in [4.78, 5) is 3.63. The van der Waals surface area contributed by atoms with E-state index in [0.717, 1.165) is 6.07 Å². The number of nitrogens with zero attached hydrogens (tertiary/aromatic N) is 1. The molecule has 0 aromatic carbocycles. The monoisotopic (exact) mass is 189 g/mol. The van der Waals surface area contributed by atoms with Crippen LogP contribution in [0.1, 0.15) is 23.4 Å². The van der Waals surface area contributed by atoms with Gasteiger partial charge in [0.25, 0.3) is 6.43 Å². The molecule has 0 aliphatic rings. The lowest BCUT2D eigenvalue weighted by Gasteiger charge is -2.07. The Morgan fingerprint density at radius 2 is 2.15 bits per heavy atom. The summed E-state index contributed by atoms with van der Waals surface area (Å²) in [5, 5.41) is 17.8. The SMILES string of the molecule is Cc1nc(CO)c(O)cc1C(F)F. The molecule has 0 fully saturated rings. The molecule has 0 radical (unpaired) electrons. The molecule has 72 valence electrons. The van der Waals surface area contributed by atoms with Crippen LogP contribution < -0.4 is 0 Å². The van der Waals surface area contributed by atoms with Crippen molar-refractivity contribution in [3.05, 3.63) is 23.0 Å². The van der Waals surface area contributed by atoms with E-state index in [2.05, 4.69) is 4.98 Å². The van der Waals surface area contributed by atoms with Crippen LogP contribution in [0.15, 0.2) is 6.07 Å². The van der Waals surface area contributed by atoms with E-state index in [9.17, 15) is 8.78 Å². The highest BCUT2D eigenvalue weighted by molar-refractivity contribution is 5.34. The van der Waals surface area contributed by atoms with Crippen molar-refractivity contribution in [2.75, 3.05) is 0 Å². The molecular formula is C8H9F2NO2. The van der Waals surface area contributed by atoms with E-state index < -0.39 is 18.8 Å². The van der Waals surface area contributed by atoms with Gasteiger partial charge in [0.05, 0.1) is 6.61 Å². The molecule has 0 bridgehead atoms. The number of halogens is 2. The van der Waals surface area contributed by atoms with E-state index in [-0.39, 0.29) is 17.0 Å². The Labute approximate surface area is 73.7 Å². The Bertz CT molecular complexity index is 315. The van der Waals surface area contributed by atoms with Gasteiger partial charge >= 0.3 is 0 Å². The van der Waals surface area contributed by atoms with Crippen LogP contribution in [0.5, 0.6) is 5.75 Å². The summed E-state index contributed by atoms with van der Waals surface area (Å²) in [6, 6.07) is 0.929. The van der Waals surface area contributed by atoms with Gasteiger partial charge in [0.15, 0.2) is 0 Å². The molecule has 0 amide bonds. The molecule has 0 atom stereocenters. The van der Waals surface area contributed by atoms with Crippen LogP contribution in [0.3, 0.4) is 0 Å². The standard InChI is InChI=1S/C8H9F2NO2/c1-4-5(8(9)10)2-7(13)6(3-12)11-4/h2,8,12-13H,3H2,1H3. The van der Waals surface area contributed by atoms with E-state index in [0.29, 0.717) is 0 Å². The van der Waals surface area contributed by atoms with Gasteiger partial charge in [-0.25, -0.2) is 8.78 Å². The molecule has 0 aliphatic carbocycles. The lowest BCUT2D eigenvalue weighted by Crippen LogP contribution is -1.98. The van der Waals surface area contributed by atoms with Gasteiger partial charge in [-0.2, -0.15) is 0 Å². The van der Waals surface area contributed by atoms with Gasteiger partial charge in [0.1, 0.15) is 11.4 Å². The fourth-order valence-corrected chi connectivity index (χ4v) is 0.997. The third-order valence-electron chi connectivity index (χ3n) is 1.69. The minimum absolute atomic E-state index is 0.0156. The van der Waals surface area contributed by atoms with Crippen LogP contribution in [-0.4, -0.2) is 15.2 Å². The van der Waals surface area contributed by atoms with E-state index >= 15 is 0 Å². The van der Waals surface area contributed by atoms with Gasteiger partial charge < -0.3 is 10.2 Å². The van der Waals surface area contributed by atoms with Crippen molar-refractivity contribution in [2.24, 2.45) is 0 Å². The van der Waals surface area contributed by atoms with Gasteiger partial charge in [0.2, 0.25) is 0 Å². The predicted octanol–water partition coefficient (Wildman–Crippen LogP) is 1.53. The first-order valence-electron chi connectivity index (χ1n) is 3.64. The Morgan fingerprint density at radius 3 is 2.62 bits per heavy atom. The largest absolute Gasteiger partial charge is 0.506 e. The first-order valence-corrected chi connectivity index (χ1v) is 3.64. The molecule has 3 nitrogen and oxygen atoms in total. The van der Waals surface area contributed by atoms with Crippen LogP contribution in [0.4, 0.5) is 8.78 Å². The van der Waals surface area contributed by atoms with Crippen molar-refractivity contribution in [3.8, 4) is 5.75 Å². The minimum Gasteiger partial charge on any atom is -0.506 e. The van der Waals surface area contributed by atoms with Crippen LogP contribution in [0.25, 0.3) is 0 Å². The average Bonchev–Trinajstić information content (AvgIpc) is 2.07. The molecule has 0 spiro atoms. The van der Waals surface area contributed by atoms with Crippen LogP contribution in [-0.2, 0) is 6.61 Å². The molecule has 0 saturated carbocycles. The van der Waals surface area contributed by atoms with Gasteiger partial charge in [-0.15, -0.1) is 0 Å². The van der Waals surface area contributed by atoms with Crippen molar-refractivity contribution in [1.29, 1.82) is 0 Å². The molecule has 0 unspecified atom stereocenters. The van der Waals surface area contributed by atoms with Crippen molar-refractivity contribution in [1.82, 2.24) is 4.98 Å². The number of aromatic nitrogens is 1. The third kappa shape index (κ3) is 1.92. The Balaban J connectivity index is 3.20. The summed E-state index contributed by atoms with van der Waals surface area (Å²) >= 11 is 0. The highest BCUT2D eigenvalue weighted by Crippen LogP contribution is 2.26.